The zero-order chi connectivity index (χ0) is 12.4. The molecule has 2 heterocycles. The number of pyridine rings is 1. The lowest BCUT2D eigenvalue weighted by molar-refractivity contribution is -0.119. The molecule has 0 spiro atoms. The quantitative estimate of drug-likeness (QED) is 0.885. The normalized spacial score (nSPS) is 18.0. The number of hydrogen-bond donors (Lipinski definition) is 2. The van der Waals surface area contributed by atoms with Crippen molar-refractivity contribution >= 4 is 34.9 Å². The fourth-order valence-corrected chi connectivity index (χ4v) is 2.32. The van der Waals surface area contributed by atoms with Gasteiger partial charge >= 0.3 is 0 Å². The number of amides is 1. The van der Waals surface area contributed by atoms with E-state index in [0.29, 0.717) is 0 Å². The number of halogens is 1. The van der Waals surface area contributed by atoms with Crippen molar-refractivity contribution in [2.75, 3.05) is 18.4 Å². The molecular weight excluding hydrogens is 262 g/mol. The third-order valence-corrected chi connectivity index (χ3v) is 3.34. The average molecular weight is 278 g/mol. The van der Waals surface area contributed by atoms with E-state index in [0.717, 1.165) is 36.1 Å². The van der Waals surface area contributed by atoms with Crippen molar-refractivity contribution in [1.29, 1.82) is 0 Å². The Kier molecular flexibility index (Phi) is 4.35. The molecule has 1 aromatic carbocycles. The second kappa shape index (κ2) is 5.99. The summed E-state index contributed by atoms with van der Waals surface area (Å²) in [6.07, 6.45) is 2.64. The summed E-state index contributed by atoms with van der Waals surface area (Å²) in [6, 6.07) is 9.67. The summed E-state index contributed by atoms with van der Waals surface area (Å²) in [7, 11) is 0. The van der Waals surface area contributed by atoms with Crippen LogP contribution < -0.4 is 10.6 Å². The topological polar surface area (TPSA) is 54.0 Å². The van der Waals surface area contributed by atoms with Crippen LogP contribution in [0, 0.1) is 5.92 Å². The number of anilines is 1. The van der Waals surface area contributed by atoms with Gasteiger partial charge in [-0.3, -0.25) is 9.78 Å². The molecule has 19 heavy (non-hydrogen) atoms. The first-order chi connectivity index (χ1) is 8.84. The predicted octanol–water partition coefficient (Wildman–Crippen LogP) is 2.20. The number of nitrogens with one attached hydrogen (secondary N) is 2. The van der Waals surface area contributed by atoms with Crippen molar-refractivity contribution in [2.45, 2.75) is 6.42 Å². The third kappa shape index (κ3) is 2.85. The van der Waals surface area contributed by atoms with Crippen LogP contribution in [0.2, 0.25) is 0 Å². The average Bonchev–Trinajstić information content (AvgIpc) is 2.93. The number of para-hydroxylation sites is 1. The molecule has 1 aliphatic heterocycles. The maximum Gasteiger partial charge on any atom is 0.228 e. The van der Waals surface area contributed by atoms with E-state index < -0.39 is 0 Å². The maximum absolute atomic E-state index is 12.1. The minimum Gasteiger partial charge on any atom is -0.325 e. The molecule has 4 nitrogen and oxygen atoms in total. The lowest BCUT2D eigenvalue weighted by Crippen LogP contribution is -2.24. The number of hydrogen-bond acceptors (Lipinski definition) is 3. The molecule has 0 unspecified atom stereocenters. The molecule has 2 aromatic rings. The molecule has 0 saturated carbocycles. The number of nitrogens with zero attached hydrogens (tertiary/aromatic N) is 1. The van der Waals surface area contributed by atoms with Crippen molar-refractivity contribution < 1.29 is 4.79 Å². The van der Waals surface area contributed by atoms with E-state index in [-0.39, 0.29) is 24.2 Å². The fraction of sp³-hybridized carbons (Fsp3) is 0.286. The van der Waals surface area contributed by atoms with Gasteiger partial charge in [-0.05, 0) is 25.1 Å². The van der Waals surface area contributed by atoms with Crippen molar-refractivity contribution in [3.8, 4) is 0 Å². The SMILES string of the molecule is Cl.O=C(Nc1ccnc2ccccc12)[C@H]1CCNC1. The molecule has 0 bridgehead atoms. The van der Waals surface area contributed by atoms with Gasteiger partial charge in [0, 0.05) is 18.1 Å². The molecule has 1 aliphatic rings. The van der Waals surface area contributed by atoms with E-state index in [1.165, 1.54) is 0 Å². The lowest BCUT2D eigenvalue weighted by Gasteiger charge is -2.11. The van der Waals surface area contributed by atoms with E-state index in [9.17, 15) is 4.79 Å². The Morgan fingerprint density at radius 1 is 1.32 bits per heavy atom. The van der Waals surface area contributed by atoms with Gasteiger partial charge in [-0.2, -0.15) is 0 Å². The molecule has 1 aromatic heterocycles. The number of carbonyl (C=O) groups excluding carboxylic acids is 1. The zero-order valence-electron chi connectivity index (χ0n) is 10.4. The van der Waals surface area contributed by atoms with Crippen LogP contribution in [-0.4, -0.2) is 24.0 Å². The summed E-state index contributed by atoms with van der Waals surface area (Å²) in [4.78, 5) is 16.4. The summed E-state index contributed by atoms with van der Waals surface area (Å²) >= 11 is 0. The number of fused-ring (bicyclic) bond motifs is 1. The molecular formula is C14H16ClN3O. The van der Waals surface area contributed by atoms with E-state index in [2.05, 4.69) is 15.6 Å². The molecule has 1 saturated heterocycles. The van der Waals surface area contributed by atoms with Gasteiger partial charge in [0.15, 0.2) is 0 Å². The Labute approximate surface area is 118 Å². The Bertz CT molecular complexity index is 576. The molecule has 1 fully saturated rings. The molecule has 0 radical (unpaired) electrons. The van der Waals surface area contributed by atoms with Crippen molar-refractivity contribution in [1.82, 2.24) is 10.3 Å². The van der Waals surface area contributed by atoms with Gasteiger partial charge in [-0.15, -0.1) is 12.4 Å². The van der Waals surface area contributed by atoms with Crippen LogP contribution in [0.25, 0.3) is 10.9 Å². The van der Waals surface area contributed by atoms with Gasteiger partial charge in [0.05, 0.1) is 17.1 Å². The van der Waals surface area contributed by atoms with Crippen LogP contribution >= 0.6 is 12.4 Å². The highest BCUT2D eigenvalue weighted by molar-refractivity contribution is 6.01. The molecule has 100 valence electrons. The summed E-state index contributed by atoms with van der Waals surface area (Å²) in [6.45, 7) is 1.70. The second-order valence-corrected chi connectivity index (χ2v) is 4.55. The van der Waals surface area contributed by atoms with Crippen molar-refractivity contribution in [3.63, 3.8) is 0 Å². The second-order valence-electron chi connectivity index (χ2n) is 4.55. The van der Waals surface area contributed by atoms with Crippen LogP contribution in [0.3, 0.4) is 0 Å². The van der Waals surface area contributed by atoms with Gasteiger partial charge < -0.3 is 10.6 Å². The number of aromatic nitrogens is 1. The minimum absolute atomic E-state index is 0. The third-order valence-electron chi connectivity index (χ3n) is 3.34. The van der Waals surface area contributed by atoms with Crippen LogP contribution in [-0.2, 0) is 4.79 Å². The van der Waals surface area contributed by atoms with Crippen LogP contribution in [0.15, 0.2) is 36.5 Å². The Hall–Kier alpha value is -1.65. The van der Waals surface area contributed by atoms with Crippen molar-refractivity contribution in [3.05, 3.63) is 36.5 Å². The molecule has 1 atom stereocenters. The highest BCUT2D eigenvalue weighted by Gasteiger charge is 2.22. The largest absolute Gasteiger partial charge is 0.325 e. The zero-order valence-corrected chi connectivity index (χ0v) is 11.2. The Morgan fingerprint density at radius 3 is 2.95 bits per heavy atom. The summed E-state index contributed by atoms with van der Waals surface area (Å²) in [5.41, 5.74) is 1.75. The summed E-state index contributed by atoms with van der Waals surface area (Å²) in [5.74, 6) is 0.174. The van der Waals surface area contributed by atoms with E-state index in [4.69, 9.17) is 0 Å². The van der Waals surface area contributed by atoms with E-state index in [1.54, 1.807) is 6.20 Å². The molecule has 3 rings (SSSR count). The van der Waals surface area contributed by atoms with Gasteiger partial charge in [0.25, 0.3) is 0 Å². The van der Waals surface area contributed by atoms with Gasteiger partial charge in [-0.1, -0.05) is 18.2 Å². The smallest absolute Gasteiger partial charge is 0.228 e. The van der Waals surface area contributed by atoms with E-state index in [1.807, 2.05) is 30.3 Å². The predicted molar refractivity (Wildman–Crippen MR) is 78.6 cm³/mol. The fourth-order valence-electron chi connectivity index (χ4n) is 2.32. The standard InChI is InChI=1S/C14H15N3O.ClH/c18-14(10-5-7-15-9-10)17-13-6-8-16-12-4-2-1-3-11(12)13;/h1-4,6,8,10,15H,5,7,9H2,(H,16,17,18);1H/t10-;/m0./s1. The number of benzene rings is 1. The van der Waals surface area contributed by atoms with Crippen LogP contribution in [0.1, 0.15) is 6.42 Å². The Balaban J connectivity index is 0.00000133. The maximum atomic E-state index is 12.1. The first-order valence-corrected chi connectivity index (χ1v) is 6.20. The highest BCUT2D eigenvalue weighted by Crippen LogP contribution is 2.22. The molecule has 2 N–H and O–H groups in total. The molecule has 1 amide bonds. The van der Waals surface area contributed by atoms with Crippen LogP contribution in [0.4, 0.5) is 5.69 Å². The molecule has 5 heteroatoms. The molecule has 0 aliphatic carbocycles. The summed E-state index contributed by atoms with van der Waals surface area (Å²) < 4.78 is 0. The van der Waals surface area contributed by atoms with Gasteiger partial charge in [0.1, 0.15) is 0 Å². The first kappa shape index (κ1) is 13.8. The van der Waals surface area contributed by atoms with Crippen molar-refractivity contribution in [2.24, 2.45) is 5.92 Å². The van der Waals surface area contributed by atoms with E-state index >= 15 is 0 Å². The van der Waals surface area contributed by atoms with Crippen LogP contribution in [0.5, 0.6) is 0 Å². The monoisotopic (exact) mass is 277 g/mol. The Morgan fingerprint density at radius 2 is 2.16 bits per heavy atom. The first-order valence-electron chi connectivity index (χ1n) is 6.20. The number of carbonyl (C=O) groups is 1. The highest BCUT2D eigenvalue weighted by atomic mass is 35.5. The van der Waals surface area contributed by atoms with Gasteiger partial charge in [-0.25, -0.2) is 0 Å². The lowest BCUT2D eigenvalue weighted by atomic mass is 10.1. The number of rotatable bonds is 2. The minimum atomic E-state index is 0. The van der Waals surface area contributed by atoms with Gasteiger partial charge in [0.2, 0.25) is 5.91 Å². The summed E-state index contributed by atoms with van der Waals surface area (Å²) in [5, 5.41) is 7.20.